The number of nitrogens with one attached hydrogen (secondary N) is 1. The van der Waals surface area contributed by atoms with Gasteiger partial charge in [0.25, 0.3) is 0 Å². The summed E-state index contributed by atoms with van der Waals surface area (Å²) < 4.78 is 5.54. The Bertz CT molecular complexity index is 387. The summed E-state index contributed by atoms with van der Waals surface area (Å²) in [6, 6.07) is 0. The third-order valence-electron chi connectivity index (χ3n) is 2.54. The largest absolute Gasteiger partial charge is 0.494 e. The minimum atomic E-state index is 0.0266. The summed E-state index contributed by atoms with van der Waals surface area (Å²) in [5, 5.41) is 2.77. The lowest BCUT2D eigenvalue weighted by molar-refractivity contribution is -0.119. The van der Waals surface area contributed by atoms with E-state index in [1.807, 2.05) is 6.08 Å². The second kappa shape index (κ2) is 16.8. The fourth-order valence-electron chi connectivity index (χ4n) is 1.47. The van der Waals surface area contributed by atoms with Gasteiger partial charge in [0, 0.05) is 19.9 Å². The smallest absolute Gasteiger partial charge is 0.216 e. The number of ether oxygens (including phenoxy) is 1. The molecule has 124 valence electrons. The van der Waals surface area contributed by atoms with Crippen LogP contribution in [0.1, 0.15) is 32.6 Å². The molecule has 0 aliphatic carbocycles. The van der Waals surface area contributed by atoms with E-state index >= 15 is 0 Å². The minimum Gasteiger partial charge on any atom is -0.494 e. The fraction of sp³-hybridized carbons (Fsp3) is 0.412. The van der Waals surface area contributed by atoms with Gasteiger partial charge in [-0.05, 0) is 18.4 Å². The summed E-state index contributed by atoms with van der Waals surface area (Å²) in [5.74, 6) is 0.815. The Morgan fingerprint density at radius 2 is 1.91 bits per heavy atom. The van der Waals surface area contributed by atoms with Gasteiger partial charge in [0.1, 0.15) is 6.61 Å². The molecule has 0 radical (unpaired) electrons. The van der Waals surface area contributed by atoms with Crippen molar-refractivity contribution >= 4 is 12.3 Å². The van der Waals surface area contributed by atoms with E-state index in [1.165, 1.54) is 6.92 Å². The number of amides is 2. The van der Waals surface area contributed by atoms with Gasteiger partial charge in [0.05, 0.1) is 5.76 Å². The van der Waals surface area contributed by atoms with Crippen LogP contribution in [-0.4, -0.2) is 25.5 Å². The van der Waals surface area contributed by atoms with E-state index in [-0.39, 0.29) is 12.3 Å². The van der Waals surface area contributed by atoms with Crippen LogP contribution in [0.3, 0.4) is 0 Å². The minimum absolute atomic E-state index is 0.0266. The van der Waals surface area contributed by atoms with E-state index in [9.17, 15) is 4.79 Å². The molecule has 5 heteroatoms. The lowest BCUT2D eigenvalue weighted by Crippen LogP contribution is -2.20. The molecule has 0 fully saturated rings. The third-order valence-corrected chi connectivity index (χ3v) is 2.54. The second-order valence-electron chi connectivity index (χ2n) is 4.44. The Hall–Kier alpha value is -2.30. The number of nitrogens with two attached hydrogens (primary N) is 1. The average Bonchev–Trinajstić information content (AvgIpc) is 2.47. The maximum Gasteiger partial charge on any atom is 0.216 e. The summed E-state index contributed by atoms with van der Waals surface area (Å²) in [7, 11) is 0. The number of hydrogen-bond acceptors (Lipinski definition) is 3. The van der Waals surface area contributed by atoms with Crippen LogP contribution in [-0.2, 0) is 14.3 Å². The summed E-state index contributed by atoms with van der Waals surface area (Å²) in [6.07, 6.45) is 9.49. The van der Waals surface area contributed by atoms with Crippen LogP contribution in [0.5, 0.6) is 0 Å². The quantitative estimate of drug-likeness (QED) is 0.266. The molecule has 0 saturated heterocycles. The molecule has 0 aliphatic heterocycles. The molecule has 0 aromatic rings. The normalized spacial score (nSPS) is 9.77. The lowest BCUT2D eigenvalue weighted by atomic mass is 10.2. The van der Waals surface area contributed by atoms with Crippen molar-refractivity contribution in [2.45, 2.75) is 32.6 Å². The summed E-state index contributed by atoms with van der Waals surface area (Å²) in [6.45, 7) is 14.0. The Labute approximate surface area is 133 Å². The van der Waals surface area contributed by atoms with Crippen molar-refractivity contribution in [1.82, 2.24) is 5.32 Å². The highest BCUT2D eigenvalue weighted by atomic mass is 16.5. The van der Waals surface area contributed by atoms with Crippen molar-refractivity contribution in [3.8, 4) is 0 Å². The predicted octanol–water partition coefficient (Wildman–Crippen LogP) is 2.61. The molecule has 0 atom stereocenters. The van der Waals surface area contributed by atoms with Crippen LogP contribution in [0.25, 0.3) is 0 Å². The molecule has 0 unspecified atom stereocenters. The Morgan fingerprint density at radius 3 is 2.41 bits per heavy atom. The third kappa shape index (κ3) is 17.7. The molecule has 5 nitrogen and oxygen atoms in total. The van der Waals surface area contributed by atoms with Crippen LogP contribution >= 0.6 is 0 Å². The van der Waals surface area contributed by atoms with E-state index in [4.69, 9.17) is 9.53 Å². The van der Waals surface area contributed by atoms with Crippen molar-refractivity contribution in [3.63, 3.8) is 0 Å². The number of hydrogen-bond donors (Lipinski definition) is 2. The number of rotatable bonds is 11. The number of carbonyl (C=O) groups is 2. The lowest BCUT2D eigenvalue weighted by Gasteiger charge is -2.09. The van der Waals surface area contributed by atoms with Crippen LogP contribution in [0.4, 0.5) is 0 Å². The predicted molar refractivity (Wildman–Crippen MR) is 91.0 cm³/mol. The number of unbranched alkanes of at least 4 members (excludes halogenated alkanes) is 2. The standard InChI is InChI=1S/C16H25NO2.CH3NO/c1-5-10-16(6-2)13-19-14(3)11-8-7-9-12-17-15(4)18;2-1-3/h5-6,10H,1-3,7-9,11-13H2,4H3,(H,17,18);1H,(H2,2,3)/b16-10+;. The van der Waals surface area contributed by atoms with Crippen molar-refractivity contribution in [1.29, 1.82) is 0 Å². The van der Waals surface area contributed by atoms with Gasteiger partial charge in [-0.2, -0.15) is 0 Å². The molecule has 22 heavy (non-hydrogen) atoms. The van der Waals surface area contributed by atoms with E-state index in [0.29, 0.717) is 6.61 Å². The Morgan fingerprint density at radius 1 is 1.27 bits per heavy atom. The Balaban J connectivity index is 0. The maximum absolute atomic E-state index is 10.6. The van der Waals surface area contributed by atoms with Crippen molar-refractivity contribution < 1.29 is 14.3 Å². The Kier molecular flexibility index (Phi) is 16.7. The SMILES string of the molecule is C=C/C=C(\C=C)COC(=C)CCCCCNC(C)=O.NC=O. The van der Waals surface area contributed by atoms with Crippen molar-refractivity contribution in [3.05, 3.63) is 49.3 Å². The molecular weight excluding hydrogens is 280 g/mol. The highest BCUT2D eigenvalue weighted by Gasteiger charge is 1.98. The van der Waals surface area contributed by atoms with Gasteiger partial charge >= 0.3 is 0 Å². The van der Waals surface area contributed by atoms with Crippen LogP contribution < -0.4 is 11.1 Å². The van der Waals surface area contributed by atoms with Gasteiger partial charge in [0.15, 0.2) is 0 Å². The van der Waals surface area contributed by atoms with Crippen LogP contribution in [0, 0.1) is 0 Å². The van der Waals surface area contributed by atoms with E-state index < -0.39 is 0 Å². The second-order valence-corrected chi connectivity index (χ2v) is 4.44. The topological polar surface area (TPSA) is 81.4 Å². The fourth-order valence-corrected chi connectivity index (χ4v) is 1.47. The van der Waals surface area contributed by atoms with Crippen LogP contribution in [0.2, 0.25) is 0 Å². The molecule has 2 amide bonds. The number of allylic oxidation sites excluding steroid dienone is 3. The first-order chi connectivity index (χ1) is 10.5. The molecule has 3 N–H and O–H groups in total. The highest BCUT2D eigenvalue weighted by Crippen LogP contribution is 2.10. The van der Waals surface area contributed by atoms with Crippen molar-refractivity contribution in [2.75, 3.05) is 13.2 Å². The van der Waals surface area contributed by atoms with Gasteiger partial charge in [-0.15, -0.1) is 0 Å². The summed E-state index contributed by atoms with van der Waals surface area (Å²) in [5.41, 5.74) is 5.15. The first kappa shape index (κ1) is 22.0. The number of primary amides is 1. The average molecular weight is 308 g/mol. The van der Waals surface area contributed by atoms with Gasteiger partial charge in [-0.1, -0.05) is 44.4 Å². The molecule has 0 aliphatic rings. The van der Waals surface area contributed by atoms with E-state index in [1.54, 1.807) is 12.2 Å². The highest BCUT2D eigenvalue weighted by molar-refractivity contribution is 5.72. The first-order valence-corrected chi connectivity index (χ1v) is 7.16. The van der Waals surface area contributed by atoms with Gasteiger partial charge in [-0.3, -0.25) is 9.59 Å². The van der Waals surface area contributed by atoms with Gasteiger partial charge < -0.3 is 15.8 Å². The van der Waals surface area contributed by atoms with Gasteiger partial charge in [0.2, 0.25) is 12.3 Å². The zero-order valence-corrected chi connectivity index (χ0v) is 13.5. The van der Waals surface area contributed by atoms with Crippen molar-refractivity contribution in [2.24, 2.45) is 5.73 Å². The molecule has 0 aromatic carbocycles. The molecule has 0 rings (SSSR count). The molecule has 0 saturated carbocycles. The van der Waals surface area contributed by atoms with Gasteiger partial charge in [-0.25, -0.2) is 0 Å². The summed E-state index contributed by atoms with van der Waals surface area (Å²) >= 11 is 0. The molecule has 0 aromatic heterocycles. The molecular formula is C17H28N2O3. The zero-order chi connectivity index (χ0) is 17.2. The monoisotopic (exact) mass is 308 g/mol. The molecule has 0 spiro atoms. The number of carbonyl (C=O) groups excluding carboxylic acids is 2. The molecule has 0 bridgehead atoms. The van der Waals surface area contributed by atoms with Crippen LogP contribution in [0.15, 0.2) is 49.3 Å². The summed E-state index contributed by atoms with van der Waals surface area (Å²) in [4.78, 5) is 19.2. The zero-order valence-electron chi connectivity index (χ0n) is 13.5. The molecule has 0 heterocycles. The van der Waals surface area contributed by atoms with E-state index in [0.717, 1.165) is 43.6 Å². The van der Waals surface area contributed by atoms with E-state index in [2.05, 4.69) is 30.8 Å². The maximum atomic E-state index is 10.6. The first-order valence-electron chi connectivity index (χ1n) is 7.16.